The summed E-state index contributed by atoms with van der Waals surface area (Å²) in [6, 6.07) is 0.0982. The summed E-state index contributed by atoms with van der Waals surface area (Å²) in [5, 5.41) is 11.9. The maximum absolute atomic E-state index is 12.2. The number of nitrogens with zero attached hydrogens (tertiary/aromatic N) is 1. The van der Waals surface area contributed by atoms with Crippen LogP contribution in [0.1, 0.15) is 13.3 Å². The van der Waals surface area contributed by atoms with Crippen molar-refractivity contribution < 1.29 is 19.4 Å². The second kappa shape index (κ2) is 5.67. The molecule has 2 fully saturated rings. The molecule has 2 heterocycles. The fraction of sp³-hybridized carbons (Fsp3) is 0.833. The molecule has 1 amide bonds. The molecule has 18 heavy (non-hydrogen) atoms. The average molecular weight is 256 g/mol. The minimum atomic E-state index is -0.790. The van der Waals surface area contributed by atoms with Gasteiger partial charge in [0.2, 0.25) is 5.91 Å². The van der Waals surface area contributed by atoms with E-state index in [0.717, 1.165) is 6.54 Å². The molecule has 6 nitrogen and oxygen atoms in total. The molecule has 0 saturated carbocycles. The topological polar surface area (TPSA) is 78.9 Å². The molecule has 0 aliphatic carbocycles. The van der Waals surface area contributed by atoms with Gasteiger partial charge in [-0.2, -0.15) is 0 Å². The van der Waals surface area contributed by atoms with Crippen LogP contribution in [0.3, 0.4) is 0 Å². The maximum Gasteiger partial charge on any atom is 0.303 e. The van der Waals surface area contributed by atoms with Crippen molar-refractivity contribution in [1.82, 2.24) is 10.2 Å². The summed E-state index contributed by atoms with van der Waals surface area (Å²) >= 11 is 0. The summed E-state index contributed by atoms with van der Waals surface area (Å²) in [5.41, 5.74) is 0. The van der Waals surface area contributed by atoms with Crippen LogP contribution in [-0.2, 0) is 14.3 Å². The zero-order valence-electron chi connectivity index (χ0n) is 10.6. The zero-order valence-corrected chi connectivity index (χ0v) is 10.6. The molecule has 2 aliphatic heterocycles. The van der Waals surface area contributed by atoms with E-state index in [1.54, 1.807) is 4.90 Å². The Balaban J connectivity index is 1.80. The first-order valence-corrected chi connectivity index (χ1v) is 6.43. The fourth-order valence-electron chi connectivity index (χ4n) is 2.62. The van der Waals surface area contributed by atoms with Crippen molar-refractivity contribution >= 4 is 11.9 Å². The van der Waals surface area contributed by atoms with E-state index < -0.39 is 5.97 Å². The van der Waals surface area contributed by atoms with Crippen LogP contribution in [0.25, 0.3) is 0 Å². The Morgan fingerprint density at radius 3 is 2.72 bits per heavy atom. The summed E-state index contributed by atoms with van der Waals surface area (Å²) in [6.45, 7) is 5.01. The quantitative estimate of drug-likeness (QED) is 0.696. The number of carbonyl (C=O) groups is 2. The highest BCUT2D eigenvalue weighted by Crippen LogP contribution is 2.24. The Morgan fingerprint density at radius 1 is 1.39 bits per heavy atom. The van der Waals surface area contributed by atoms with E-state index in [9.17, 15) is 9.59 Å². The molecule has 2 rings (SSSR count). The lowest BCUT2D eigenvalue weighted by molar-refractivity contribution is -0.147. The first-order valence-electron chi connectivity index (χ1n) is 6.43. The summed E-state index contributed by atoms with van der Waals surface area (Å²) in [6.07, 6.45) is 0.154. The van der Waals surface area contributed by atoms with Crippen LogP contribution in [0.2, 0.25) is 0 Å². The Morgan fingerprint density at radius 2 is 2.11 bits per heavy atom. The Hall–Kier alpha value is -1.14. The molecule has 2 unspecified atom stereocenters. The second-order valence-corrected chi connectivity index (χ2v) is 5.02. The third-order valence-electron chi connectivity index (χ3n) is 3.60. The monoisotopic (exact) mass is 256 g/mol. The number of hydrogen-bond donors (Lipinski definition) is 2. The molecule has 6 heteroatoms. The zero-order chi connectivity index (χ0) is 13.1. The smallest absolute Gasteiger partial charge is 0.303 e. The lowest BCUT2D eigenvalue weighted by Crippen LogP contribution is -2.55. The number of carboxylic acids is 1. The van der Waals surface area contributed by atoms with Gasteiger partial charge in [-0.05, 0) is 6.54 Å². The van der Waals surface area contributed by atoms with Crippen LogP contribution >= 0.6 is 0 Å². The summed E-state index contributed by atoms with van der Waals surface area (Å²) in [4.78, 5) is 24.5. The van der Waals surface area contributed by atoms with Gasteiger partial charge in [-0.15, -0.1) is 0 Å². The third-order valence-corrected chi connectivity index (χ3v) is 3.60. The Bertz CT molecular complexity index is 328. The van der Waals surface area contributed by atoms with E-state index in [-0.39, 0.29) is 30.2 Å². The lowest BCUT2D eigenvalue weighted by Gasteiger charge is -2.40. The molecule has 0 spiro atoms. The number of likely N-dealkylation sites (N-methyl/N-ethyl adjacent to an activating group) is 1. The van der Waals surface area contributed by atoms with Crippen molar-refractivity contribution in [2.75, 3.05) is 32.8 Å². The van der Waals surface area contributed by atoms with Gasteiger partial charge in [0.1, 0.15) is 0 Å². The summed E-state index contributed by atoms with van der Waals surface area (Å²) in [5.74, 6) is -0.691. The standard InChI is InChI=1S/C12H20N2O4/c1-2-13-10-7-18-6-9(10)12(17)14-4-8(5-14)3-11(15)16/h8-10,13H,2-7H2,1H3,(H,15,16). The normalized spacial score (nSPS) is 28.2. The van der Waals surface area contributed by atoms with Crippen LogP contribution in [-0.4, -0.2) is 60.8 Å². The van der Waals surface area contributed by atoms with E-state index in [4.69, 9.17) is 9.84 Å². The van der Waals surface area contributed by atoms with E-state index in [1.807, 2.05) is 6.92 Å². The number of amides is 1. The van der Waals surface area contributed by atoms with Crippen molar-refractivity contribution in [2.45, 2.75) is 19.4 Å². The highest BCUT2D eigenvalue weighted by molar-refractivity contribution is 5.81. The fourth-order valence-corrected chi connectivity index (χ4v) is 2.62. The van der Waals surface area contributed by atoms with Gasteiger partial charge in [0.05, 0.1) is 25.6 Å². The first kappa shape index (κ1) is 13.3. The van der Waals surface area contributed by atoms with Crippen LogP contribution in [0, 0.1) is 11.8 Å². The van der Waals surface area contributed by atoms with Gasteiger partial charge in [0.15, 0.2) is 0 Å². The Labute approximate surface area is 106 Å². The van der Waals surface area contributed by atoms with E-state index >= 15 is 0 Å². The van der Waals surface area contributed by atoms with Gasteiger partial charge in [-0.25, -0.2) is 0 Å². The largest absolute Gasteiger partial charge is 0.481 e. The number of carbonyl (C=O) groups excluding carboxylic acids is 1. The van der Waals surface area contributed by atoms with Gasteiger partial charge in [-0.3, -0.25) is 9.59 Å². The molecule has 0 aromatic rings. The SMILES string of the molecule is CCNC1COCC1C(=O)N1CC(CC(=O)O)C1. The molecule has 2 N–H and O–H groups in total. The van der Waals surface area contributed by atoms with E-state index in [1.165, 1.54) is 0 Å². The molecule has 2 atom stereocenters. The molecule has 2 saturated heterocycles. The number of likely N-dealkylation sites (tertiary alicyclic amines) is 1. The highest BCUT2D eigenvalue weighted by atomic mass is 16.5. The van der Waals surface area contributed by atoms with E-state index in [2.05, 4.69) is 5.32 Å². The molecule has 2 aliphatic rings. The minimum Gasteiger partial charge on any atom is -0.481 e. The molecule has 0 aromatic carbocycles. The van der Waals surface area contributed by atoms with Crippen LogP contribution in [0.5, 0.6) is 0 Å². The predicted octanol–water partition coefficient (Wildman–Crippen LogP) is -0.456. The van der Waals surface area contributed by atoms with Gasteiger partial charge in [0, 0.05) is 25.0 Å². The van der Waals surface area contributed by atoms with Crippen molar-refractivity contribution in [1.29, 1.82) is 0 Å². The third kappa shape index (κ3) is 2.81. The van der Waals surface area contributed by atoms with Crippen molar-refractivity contribution in [2.24, 2.45) is 11.8 Å². The molecular weight excluding hydrogens is 236 g/mol. The van der Waals surface area contributed by atoms with Gasteiger partial charge < -0.3 is 20.1 Å². The van der Waals surface area contributed by atoms with Crippen molar-refractivity contribution in [3.05, 3.63) is 0 Å². The lowest BCUT2D eigenvalue weighted by atomic mass is 9.93. The molecule has 102 valence electrons. The first-order chi connectivity index (χ1) is 8.61. The minimum absolute atomic E-state index is 0.0973. The number of carboxylic acid groups (broad SMARTS) is 1. The molecule has 0 bridgehead atoms. The summed E-state index contributed by atoms with van der Waals surface area (Å²) < 4.78 is 5.35. The van der Waals surface area contributed by atoms with Crippen molar-refractivity contribution in [3.8, 4) is 0 Å². The molecular formula is C12H20N2O4. The van der Waals surface area contributed by atoms with Gasteiger partial charge >= 0.3 is 5.97 Å². The Kier molecular flexibility index (Phi) is 4.19. The number of nitrogens with one attached hydrogen (secondary N) is 1. The maximum atomic E-state index is 12.2. The molecule has 0 radical (unpaired) electrons. The predicted molar refractivity (Wildman–Crippen MR) is 64.1 cm³/mol. The van der Waals surface area contributed by atoms with E-state index in [0.29, 0.717) is 26.3 Å². The van der Waals surface area contributed by atoms with Crippen molar-refractivity contribution in [3.63, 3.8) is 0 Å². The number of ether oxygens (including phenoxy) is 1. The number of rotatable bonds is 5. The highest BCUT2D eigenvalue weighted by Gasteiger charge is 2.40. The number of hydrogen-bond acceptors (Lipinski definition) is 4. The van der Waals surface area contributed by atoms with Gasteiger partial charge in [-0.1, -0.05) is 6.92 Å². The average Bonchev–Trinajstić information content (AvgIpc) is 2.70. The van der Waals surface area contributed by atoms with Gasteiger partial charge in [0.25, 0.3) is 0 Å². The number of aliphatic carboxylic acids is 1. The second-order valence-electron chi connectivity index (χ2n) is 5.02. The van der Waals surface area contributed by atoms with Crippen LogP contribution < -0.4 is 5.32 Å². The van der Waals surface area contributed by atoms with Crippen LogP contribution in [0.4, 0.5) is 0 Å². The van der Waals surface area contributed by atoms with Crippen LogP contribution in [0.15, 0.2) is 0 Å². The summed E-state index contributed by atoms with van der Waals surface area (Å²) in [7, 11) is 0. The molecule has 0 aromatic heterocycles.